The second-order valence-corrected chi connectivity index (χ2v) is 4.99. The van der Waals surface area contributed by atoms with Crippen LogP contribution in [-0.4, -0.2) is 6.61 Å². The number of hydrogen-bond donors (Lipinski definition) is 0. The summed E-state index contributed by atoms with van der Waals surface area (Å²) in [6.45, 7) is 7.11. The highest BCUT2D eigenvalue weighted by molar-refractivity contribution is 9.10. The van der Waals surface area contributed by atoms with Crippen LogP contribution in [0.4, 0.5) is 0 Å². The fourth-order valence-corrected chi connectivity index (χ4v) is 2.21. The molecule has 1 unspecified atom stereocenters. The molecule has 1 nitrogen and oxygen atoms in total. The van der Waals surface area contributed by atoms with E-state index in [1.165, 1.54) is 5.56 Å². The summed E-state index contributed by atoms with van der Waals surface area (Å²) in [5.41, 5.74) is 1.35. The van der Waals surface area contributed by atoms with Gasteiger partial charge in [-0.15, -0.1) is 0 Å². The average molecular weight is 297 g/mol. The molecule has 2 heteroatoms. The Bertz CT molecular complexity index is 371. The molecule has 0 aromatic heterocycles. The first-order valence-electron chi connectivity index (χ1n) is 6.26. The van der Waals surface area contributed by atoms with Crippen molar-refractivity contribution in [2.24, 2.45) is 0 Å². The molecule has 1 atom stereocenters. The molecule has 1 aromatic rings. The van der Waals surface area contributed by atoms with Crippen LogP contribution < -0.4 is 4.74 Å². The van der Waals surface area contributed by atoms with Crippen LogP contribution >= 0.6 is 15.9 Å². The first kappa shape index (κ1) is 14.3. The molecule has 1 rings (SSSR count). The van der Waals surface area contributed by atoms with Gasteiger partial charge in [0.25, 0.3) is 0 Å². The minimum absolute atomic E-state index is 0.546. The predicted octanol–water partition coefficient (Wildman–Crippen LogP) is 5.31. The third kappa shape index (κ3) is 4.55. The standard InChI is InChI=1S/C15H21BrO/c1-4-6-7-8-12(3)13-9-10-15(17-5-2)14(16)11-13/h6-7,9-12H,4-5,8H2,1-3H3/b7-6-. The zero-order valence-corrected chi connectivity index (χ0v) is 12.5. The van der Waals surface area contributed by atoms with Gasteiger partial charge in [-0.2, -0.15) is 0 Å². The molecule has 0 fully saturated rings. The highest BCUT2D eigenvalue weighted by atomic mass is 79.9. The minimum Gasteiger partial charge on any atom is -0.493 e. The lowest BCUT2D eigenvalue weighted by Gasteiger charge is -2.12. The molecule has 0 amide bonds. The van der Waals surface area contributed by atoms with E-state index in [1.807, 2.05) is 13.0 Å². The smallest absolute Gasteiger partial charge is 0.133 e. The first-order valence-corrected chi connectivity index (χ1v) is 7.05. The van der Waals surface area contributed by atoms with Crippen LogP contribution in [0.1, 0.15) is 45.1 Å². The van der Waals surface area contributed by atoms with Crippen molar-refractivity contribution < 1.29 is 4.74 Å². The summed E-state index contributed by atoms with van der Waals surface area (Å²) in [6, 6.07) is 6.36. The van der Waals surface area contributed by atoms with Gasteiger partial charge in [-0.1, -0.05) is 32.1 Å². The quantitative estimate of drug-likeness (QED) is 0.647. The molecule has 1 aromatic carbocycles. The SMILES string of the molecule is CC/C=C\CC(C)c1ccc(OCC)c(Br)c1. The molecule has 0 aliphatic heterocycles. The largest absolute Gasteiger partial charge is 0.493 e. The summed E-state index contributed by atoms with van der Waals surface area (Å²) in [6.07, 6.45) is 6.68. The van der Waals surface area contributed by atoms with E-state index in [4.69, 9.17) is 4.74 Å². The summed E-state index contributed by atoms with van der Waals surface area (Å²) in [5, 5.41) is 0. The molecule has 0 spiro atoms. The second-order valence-electron chi connectivity index (χ2n) is 4.14. The Morgan fingerprint density at radius 3 is 2.65 bits per heavy atom. The van der Waals surface area contributed by atoms with Crippen LogP contribution in [0.2, 0.25) is 0 Å². The van der Waals surface area contributed by atoms with E-state index in [9.17, 15) is 0 Å². The number of ether oxygens (including phenoxy) is 1. The topological polar surface area (TPSA) is 9.23 Å². The van der Waals surface area contributed by atoms with Gasteiger partial charge in [-0.25, -0.2) is 0 Å². The minimum atomic E-state index is 0.546. The normalized spacial score (nSPS) is 12.9. The summed E-state index contributed by atoms with van der Waals surface area (Å²) in [5.74, 6) is 1.47. The predicted molar refractivity (Wildman–Crippen MR) is 77.8 cm³/mol. The van der Waals surface area contributed by atoms with Gasteiger partial charge in [-0.3, -0.25) is 0 Å². The lowest BCUT2D eigenvalue weighted by Crippen LogP contribution is -1.95. The van der Waals surface area contributed by atoms with Crippen molar-refractivity contribution >= 4 is 15.9 Å². The Balaban J connectivity index is 2.71. The fraction of sp³-hybridized carbons (Fsp3) is 0.467. The number of hydrogen-bond acceptors (Lipinski definition) is 1. The molecular formula is C15H21BrO. The van der Waals surface area contributed by atoms with Crippen LogP contribution in [0.3, 0.4) is 0 Å². The zero-order chi connectivity index (χ0) is 12.7. The Morgan fingerprint density at radius 1 is 1.29 bits per heavy atom. The van der Waals surface area contributed by atoms with E-state index in [1.54, 1.807) is 0 Å². The molecule has 0 heterocycles. The van der Waals surface area contributed by atoms with E-state index in [0.717, 1.165) is 23.1 Å². The van der Waals surface area contributed by atoms with E-state index in [2.05, 4.69) is 54.1 Å². The zero-order valence-electron chi connectivity index (χ0n) is 10.9. The summed E-state index contributed by atoms with van der Waals surface area (Å²) >= 11 is 3.56. The van der Waals surface area contributed by atoms with Gasteiger partial charge in [0, 0.05) is 0 Å². The third-order valence-corrected chi connectivity index (χ3v) is 3.34. The van der Waals surface area contributed by atoms with E-state index >= 15 is 0 Å². The number of allylic oxidation sites excluding steroid dienone is 2. The molecule has 0 saturated carbocycles. The van der Waals surface area contributed by atoms with Crippen LogP contribution in [0.25, 0.3) is 0 Å². The lowest BCUT2D eigenvalue weighted by atomic mass is 9.97. The van der Waals surface area contributed by atoms with Crippen LogP contribution in [0.15, 0.2) is 34.8 Å². The van der Waals surface area contributed by atoms with Gasteiger partial charge in [-0.05, 0) is 59.3 Å². The van der Waals surface area contributed by atoms with Gasteiger partial charge < -0.3 is 4.74 Å². The maximum atomic E-state index is 5.51. The fourth-order valence-electron chi connectivity index (χ4n) is 1.70. The van der Waals surface area contributed by atoms with E-state index < -0.39 is 0 Å². The van der Waals surface area contributed by atoms with Crippen LogP contribution in [0, 0.1) is 0 Å². The Labute approximate surface area is 113 Å². The highest BCUT2D eigenvalue weighted by Crippen LogP contribution is 2.30. The van der Waals surface area contributed by atoms with Gasteiger partial charge in [0.1, 0.15) is 5.75 Å². The Hall–Kier alpha value is -0.760. The van der Waals surface area contributed by atoms with Crippen molar-refractivity contribution in [1.29, 1.82) is 0 Å². The molecule has 0 bridgehead atoms. The van der Waals surface area contributed by atoms with E-state index in [0.29, 0.717) is 12.5 Å². The van der Waals surface area contributed by atoms with Crippen molar-refractivity contribution in [2.45, 2.75) is 39.5 Å². The van der Waals surface area contributed by atoms with Gasteiger partial charge in [0.2, 0.25) is 0 Å². The highest BCUT2D eigenvalue weighted by Gasteiger charge is 2.07. The third-order valence-electron chi connectivity index (χ3n) is 2.72. The van der Waals surface area contributed by atoms with Crippen molar-refractivity contribution in [3.8, 4) is 5.75 Å². The van der Waals surface area contributed by atoms with Crippen LogP contribution in [0.5, 0.6) is 5.75 Å². The van der Waals surface area contributed by atoms with Crippen LogP contribution in [-0.2, 0) is 0 Å². The Morgan fingerprint density at radius 2 is 2.06 bits per heavy atom. The average Bonchev–Trinajstić information content (AvgIpc) is 2.32. The van der Waals surface area contributed by atoms with Crippen molar-refractivity contribution in [3.63, 3.8) is 0 Å². The maximum Gasteiger partial charge on any atom is 0.133 e. The lowest BCUT2D eigenvalue weighted by molar-refractivity contribution is 0.338. The number of rotatable bonds is 6. The molecule has 0 N–H and O–H groups in total. The number of benzene rings is 1. The monoisotopic (exact) mass is 296 g/mol. The summed E-state index contributed by atoms with van der Waals surface area (Å²) in [7, 11) is 0. The van der Waals surface area contributed by atoms with Crippen molar-refractivity contribution in [3.05, 3.63) is 40.4 Å². The van der Waals surface area contributed by atoms with Gasteiger partial charge >= 0.3 is 0 Å². The van der Waals surface area contributed by atoms with E-state index in [-0.39, 0.29) is 0 Å². The summed E-state index contributed by atoms with van der Waals surface area (Å²) < 4.78 is 6.55. The Kier molecular flexibility index (Phi) is 6.35. The molecule has 94 valence electrons. The van der Waals surface area contributed by atoms with Crippen molar-refractivity contribution in [2.75, 3.05) is 6.61 Å². The molecule has 0 aliphatic carbocycles. The molecule has 0 radical (unpaired) electrons. The van der Waals surface area contributed by atoms with Gasteiger partial charge in [0.15, 0.2) is 0 Å². The molecule has 17 heavy (non-hydrogen) atoms. The van der Waals surface area contributed by atoms with Crippen molar-refractivity contribution in [1.82, 2.24) is 0 Å². The molecular weight excluding hydrogens is 276 g/mol. The first-order chi connectivity index (χ1) is 8.19. The van der Waals surface area contributed by atoms with Gasteiger partial charge in [0.05, 0.1) is 11.1 Å². The number of halogens is 1. The molecule has 0 saturated heterocycles. The molecule has 0 aliphatic rings. The summed E-state index contributed by atoms with van der Waals surface area (Å²) in [4.78, 5) is 0. The second kappa shape index (κ2) is 7.54. The maximum absolute atomic E-state index is 5.51.